The van der Waals surface area contributed by atoms with Crippen molar-refractivity contribution in [3.8, 4) is 0 Å². The second kappa shape index (κ2) is 9.04. The molecule has 0 aliphatic rings. The van der Waals surface area contributed by atoms with Crippen molar-refractivity contribution < 1.29 is 0 Å². The lowest BCUT2D eigenvalue weighted by atomic mass is 10.2. The van der Waals surface area contributed by atoms with Gasteiger partial charge in [-0.3, -0.25) is 16.0 Å². The fourth-order valence-electron chi connectivity index (χ4n) is 1.76. The lowest BCUT2D eigenvalue weighted by Gasteiger charge is -2.42. The molecule has 0 bridgehead atoms. The fourth-order valence-corrected chi connectivity index (χ4v) is 2.19. The van der Waals surface area contributed by atoms with Crippen LogP contribution in [0.25, 0.3) is 0 Å². The van der Waals surface area contributed by atoms with Crippen molar-refractivity contribution in [3.05, 3.63) is 0 Å². The fraction of sp³-hybridized carbons (Fsp3) is 1.00. The Morgan fingerprint density at radius 3 is 1.22 bits per heavy atom. The van der Waals surface area contributed by atoms with E-state index in [-0.39, 0.29) is 5.91 Å². The molecule has 4 N–H and O–H groups in total. The molecule has 0 heterocycles. The standard InChI is InChI=1S/C13H34N4Si/c1-7-10(4)14-13(17-18,15-11(5)8-2)16-12(6)9-3/h10-12,14-17H,7-9H2,1-6,18H3. The van der Waals surface area contributed by atoms with Crippen LogP contribution in [0, 0.1) is 0 Å². The van der Waals surface area contributed by atoms with E-state index in [0.29, 0.717) is 18.1 Å². The first kappa shape index (κ1) is 18.1. The summed E-state index contributed by atoms with van der Waals surface area (Å²) < 4.78 is 0. The third-order valence-electron chi connectivity index (χ3n) is 3.60. The molecule has 0 aliphatic carbocycles. The second-order valence-electron chi connectivity index (χ2n) is 5.36. The van der Waals surface area contributed by atoms with Gasteiger partial charge in [0.1, 0.15) is 0 Å². The van der Waals surface area contributed by atoms with Crippen molar-refractivity contribution in [1.82, 2.24) is 20.9 Å². The summed E-state index contributed by atoms with van der Waals surface area (Å²) in [5.74, 6) is -0.327. The molecular weight excluding hydrogens is 240 g/mol. The van der Waals surface area contributed by atoms with E-state index in [2.05, 4.69) is 62.5 Å². The van der Waals surface area contributed by atoms with E-state index in [4.69, 9.17) is 0 Å². The lowest BCUT2D eigenvalue weighted by Crippen LogP contribution is -2.78. The predicted octanol–water partition coefficient (Wildman–Crippen LogP) is 0.632. The molecule has 0 saturated carbocycles. The van der Waals surface area contributed by atoms with Gasteiger partial charge in [0, 0.05) is 18.1 Å². The maximum Gasteiger partial charge on any atom is 0.175 e. The van der Waals surface area contributed by atoms with Gasteiger partial charge in [0.2, 0.25) is 0 Å². The molecule has 3 atom stereocenters. The van der Waals surface area contributed by atoms with Crippen molar-refractivity contribution in [2.45, 2.75) is 84.8 Å². The predicted molar refractivity (Wildman–Crippen MR) is 84.5 cm³/mol. The normalized spacial score (nSPS) is 20.3. The van der Waals surface area contributed by atoms with E-state index in [9.17, 15) is 0 Å². The molecule has 0 aromatic carbocycles. The van der Waals surface area contributed by atoms with Crippen LogP contribution in [0.3, 0.4) is 0 Å². The van der Waals surface area contributed by atoms with Crippen molar-refractivity contribution in [1.29, 1.82) is 0 Å². The van der Waals surface area contributed by atoms with Gasteiger partial charge in [0.15, 0.2) is 5.91 Å². The summed E-state index contributed by atoms with van der Waals surface area (Å²) >= 11 is 0. The van der Waals surface area contributed by atoms with Crippen LogP contribution in [0.1, 0.15) is 60.8 Å². The monoisotopic (exact) mass is 274 g/mol. The molecule has 5 heteroatoms. The van der Waals surface area contributed by atoms with Gasteiger partial charge < -0.3 is 4.98 Å². The van der Waals surface area contributed by atoms with E-state index < -0.39 is 0 Å². The van der Waals surface area contributed by atoms with Gasteiger partial charge >= 0.3 is 0 Å². The number of nitrogens with one attached hydrogen (secondary N) is 4. The van der Waals surface area contributed by atoms with Gasteiger partial charge in [-0.15, -0.1) is 0 Å². The van der Waals surface area contributed by atoms with Gasteiger partial charge in [-0.25, -0.2) is 0 Å². The van der Waals surface area contributed by atoms with Crippen LogP contribution in [0.15, 0.2) is 0 Å². The van der Waals surface area contributed by atoms with Gasteiger partial charge in [-0.2, -0.15) is 0 Å². The van der Waals surface area contributed by atoms with Gasteiger partial charge in [0.25, 0.3) is 0 Å². The highest BCUT2D eigenvalue weighted by Crippen LogP contribution is 2.03. The SMILES string of the molecule is CCC(C)NC(N[SiH3])(NC(C)CC)NC(C)CC. The van der Waals surface area contributed by atoms with E-state index in [1.165, 1.54) is 0 Å². The molecule has 0 spiro atoms. The Labute approximate surface area is 117 Å². The highest BCUT2D eigenvalue weighted by atomic mass is 28.2. The van der Waals surface area contributed by atoms with Gasteiger partial charge in [-0.05, 0) is 40.0 Å². The minimum absolute atomic E-state index is 0.327. The highest BCUT2D eigenvalue weighted by molar-refractivity contribution is 6.04. The van der Waals surface area contributed by atoms with Crippen molar-refractivity contribution in [2.75, 3.05) is 0 Å². The molecule has 0 fully saturated rings. The molecular formula is C13H34N4Si. The van der Waals surface area contributed by atoms with Crippen LogP contribution >= 0.6 is 0 Å². The van der Waals surface area contributed by atoms with E-state index in [1.807, 2.05) is 0 Å². The molecule has 0 radical (unpaired) electrons. The smallest absolute Gasteiger partial charge is 0.175 e. The van der Waals surface area contributed by atoms with Crippen LogP contribution in [-0.2, 0) is 0 Å². The summed E-state index contributed by atoms with van der Waals surface area (Å²) in [6.45, 7) is 13.3. The Balaban J connectivity index is 4.81. The van der Waals surface area contributed by atoms with Crippen LogP contribution in [0.4, 0.5) is 0 Å². The average molecular weight is 275 g/mol. The molecule has 0 aromatic heterocycles. The molecule has 18 heavy (non-hydrogen) atoms. The average Bonchev–Trinajstić information content (AvgIpc) is 2.37. The summed E-state index contributed by atoms with van der Waals surface area (Å²) in [5.41, 5.74) is 0. The van der Waals surface area contributed by atoms with Gasteiger partial charge in [0.05, 0.1) is 10.4 Å². The molecule has 3 unspecified atom stereocenters. The topological polar surface area (TPSA) is 48.1 Å². The van der Waals surface area contributed by atoms with E-state index >= 15 is 0 Å². The Morgan fingerprint density at radius 2 is 1.06 bits per heavy atom. The number of rotatable bonds is 10. The molecule has 0 amide bonds. The molecule has 110 valence electrons. The minimum atomic E-state index is -0.327. The van der Waals surface area contributed by atoms with E-state index in [0.717, 1.165) is 29.7 Å². The maximum atomic E-state index is 3.66. The summed E-state index contributed by atoms with van der Waals surface area (Å²) in [5, 5.41) is 11.0. The quantitative estimate of drug-likeness (QED) is 0.349. The third kappa shape index (κ3) is 6.29. The van der Waals surface area contributed by atoms with Crippen molar-refractivity contribution in [2.24, 2.45) is 0 Å². The highest BCUT2D eigenvalue weighted by Gasteiger charge is 2.30. The van der Waals surface area contributed by atoms with E-state index in [1.54, 1.807) is 0 Å². The van der Waals surface area contributed by atoms with Crippen molar-refractivity contribution >= 4 is 10.4 Å². The molecule has 0 rings (SSSR count). The Hall–Kier alpha value is 0.0569. The summed E-state index contributed by atoms with van der Waals surface area (Å²) in [7, 11) is 0.933. The Bertz CT molecular complexity index is 182. The summed E-state index contributed by atoms with van der Waals surface area (Å²) in [6, 6.07) is 1.42. The zero-order chi connectivity index (χ0) is 14.2. The zero-order valence-corrected chi connectivity index (χ0v) is 15.4. The van der Waals surface area contributed by atoms with Crippen molar-refractivity contribution in [3.63, 3.8) is 0 Å². The molecule has 0 aromatic rings. The lowest BCUT2D eigenvalue weighted by molar-refractivity contribution is 0.128. The summed E-state index contributed by atoms with van der Waals surface area (Å²) in [6.07, 6.45) is 3.36. The van der Waals surface area contributed by atoms with Gasteiger partial charge in [-0.1, -0.05) is 20.8 Å². The van der Waals surface area contributed by atoms with Crippen LogP contribution in [-0.4, -0.2) is 34.4 Å². The van der Waals surface area contributed by atoms with Crippen LogP contribution in [0.2, 0.25) is 0 Å². The number of hydrogen-bond donors (Lipinski definition) is 4. The maximum absolute atomic E-state index is 3.66. The Morgan fingerprint density at radius 1 is 0.778 bits per heavy atom. The van der Waals surface area contributed by atoms with Crippen LogP contribution < -0.4 is 20.9 Å². The van der Waals surface area contributed by atoms with Crippen LogP contribution in [0.5, 0.6) is 0 Å². The molecule has 0 saturated heterocycles. The third-order valence-corrected chi connectivity index (χ3v) is 4.35. The second-order valence-corrected chi connectivity index (χ2v) is 5.86. The minimum Gasteiger partial charge on any atom is -0.304 e. The Kier molecular flexibility index (Phi) is 9.07. The first-order valence-corrected chi connectivity index (χ1v) is 8.44. The first-order valence-electron chi connectivity index (χ1n) is 7.44. The zero-order valence-electron chi connectivity index (χ0n) is 13.4. The molecule has 0 aliphatic heterocycles. The summed E-state index contributed by atoms with van der Waals surface area (Å²) in [4.78, 5) is 3.52. The molecule has 4 nitrogen and oxygen atoms in total. The number of hydrogen-bond acceptors (Lipinski definition) is 4. The largest absolute Gasteiger partial charge is 0.304 e. The first-order chi connectivity index (χ1) is 8.42.